The van der Waals surface area contributed by atoms with Crippen molar-refractivity contribution in [2.24, 2.45) is 0 Å². The first-order valence-electron chi connectivity index (χ1n) is 14.3. The zero-order valence-electron chi connectivity index (χ0n) is 24.6. The van der Waals surface area contributed by atoms with Crippen LogP contribution >= 0.6 is 34.4 Å². The molecule has 0 saturated heterocycles. The molecule has 46 heavy (non-hydrogen) atoms. The molecule has 4 aromatic carbocycles. The van der Waals surface area contributed by atoms with Crippen LogP contribution in [0.4, 0.5) is 10.8 Å². The summed E-state index contributed by atoms with van der Waals surface area (Å²) >= 11 is 4.32. The van der Waals surface area contributed by atoms with E-state index in [9.17, 15) is 14.4 Å². The van der Waals surface area contributed by atoms with E-state index in [2.05, 4.69) is 27.0 Å². The molecule has 0 saturated carbocycles. The van der Waals surface area contributed by atoms with Crippen molar-refractivity contribution < 1.29 is 14.4 Å². The number of fused-ring (bicyclic) bond motifs is 1. The summed E-state index contributed by atoms with van der Waals surface area (Å²) in [5, 5.41) is 10.6. The number of aryl methyl sites for hydroxylation is 1. The molecule has 3 amide bonds. The van der Waals surface area contributed by atoms with Gasteiger partial charge in [-0.25, -0.2) is 4.98 Å². The maximum Gasteiger partial charge on any atom is 0.272 e. The second-order valence-electron chi connectivity index (χ2n) is 10.3. The summed E-state index contributed by atoms with van der Waals surface area (Å²) in [6.45, 7) is 2.03. The van der Waals surface area contributed by atoms with Gasteiger partial charge < -0.3 is 16.0 Å². The standard InChI is InChI=1S/C36H28N4O3S3/c1-23-14-19-29-31(21-23)46-36(39-29)40-35(43)32(24-9-4-2-5-10-24)45-27-17-15-26(16-18-27)37-34(42)30(22-28-13-8-20-44-28)38-33(41)25-11-6-3-7-12-25/h2-22,32H,1H3,(H,37,42)(H,38,41)(H,39,40,43)/b30-22-. The van der Waals surface area contributed by atoms with Crippen molar-refractivity contribution in [3.63, 3.8) is 0 Å². The second kappa shape index (κ2) is 14.4. The molecule has 0 aliphatic rings. The van der Waals surface area contributed by atoms with Gasteiger partial charge in [0, 0.05) is 21.0 Å². The molecule has 0 aliphatic carbocycles. The van der Waals surface area contributed by atoms with Gasteiger partial charge in [-0.3, -0.25) is 14.4 Å². The van der Waals surface area contributed by atoms with E-state index in [4.69, 9.17) is 0 Å². The molecule has 6 rings (SSSR count). The summed E-state index contributed by atoms with van der Waals surface area (Å²) in [4.78, 5) is 46.1. The molecule has 0 radical (unpaired) electrons. The summed E-state index contributed by atoms with van der Waals surface area (Å²) in [5.74, 6) is -1.01. The Balaban J connectivity index is 1.17. The zero-order valence-corrected chi connectivity index (χ0v) is 27.0. The number of thiazole rings is 1. The molecule has 0 bridgehead atoms. The summed E-state index contributed by atoms with van der Waals surface area (Å²) in [7, 11) is 0. The molecule has 0 aliphatic heterocycles. The number of amides is 3. The van der Waals surface area contributed by atoms with Crippen molar-refractivity contribution in [1.29, 1.82) is 0 Å². The van der Waals surface area contributed by atoms with Crippen molar-refractivity contribution in [3.8, 4) is 0 Å². The number of carbonyl (C=O) groups is 3. The van der Waals surface area contributed by atoms with Gasteiger partial charge in [0.05, 0.1) is 10.2 Å². The molecular weight excluding hydrogens is 633 g/mol. The maximum atomic E-state index is 13.6. The Morgan fingerprint density at radius 3 is 2.28 bits per heavy atom. The van der Waals surface area contributed by atoms with Gasteiger partial charge >= 0.3 is 0 Å². The van der Waals surface area contributed by atoms with E-state index in [1.807, 2.05) is 85.1 Å². The number of nitrogens with zero attached hydrogens (tertiary/aromatic N) is 1. The van der Waals surface area contributed by atoms with Crippen molar-refractivity contribution in [2.75, 3.05) is 10.6 Å². The third kappa shape index (κ3) is 7.78. The summed E-state index contributed by atoms with van der Waals surface area (Å²) in [6, 6.07) is 35.4. The number of anilines is 2. The third-order valence-corrected chi connectivity index (χ3v) is 9.86. The van der Waals surface area contributed by atoms with Crippen LogP contribution in [-0.2, 0) is 9.59 Å². The van der Waals surface area contributed by atoms with Crippen molar-refractivity contribution in [1.82, 2.24) is 10.3 Å². The number of nitrogens with one attached hydrogen (secondary N) is 3. The van der Waals surface area contributed by atoms with Gasteiger partial charge in [0.1, 0.15) is 10.9 Å². The highest BCUT2D eigenvalue weighted by atomic mass is 32.2. The monoisotopic (exact) mass is 660 g/mol. The van der Waals surface area contributed by atoms with Crippen LogP contribution in [0, 0.1) is 6.92 Å². The number of carbonyl (C=O) groups excluding carboxylic acids is 3. The first kappa shape index (κ1) is 31.0. The van der Waals surface area contributed by atoms with Crippen LogP contribution in [0.15, 0.2) is 131 Å². The van der Waals surface area contributed by atoms with E-state index in [-0.39, 0.29) is 17.5 Å². The number of thioether (sulfide) groups is 1. The lowest BCUT2D eigenvalue weighted by atomic mass is 10.1. The number of thiophene rings is 1. The largest absolute Gasteiger partial charge is 0.321 e. The van der Waals surface area contributed by atoms with Gasteiger partial charge in [-0.05, 0) is 84.1 Å². The minimum Gasteiger partial charge on any atom is -0.321 e. The van der Waals surface area contributed by atoms with Crippen LogP contribution < -0.4 is 16.0 Å². The summed E-state index contributed by atoms with van der Waals surface area (Å²) in [6.07, 6.45) is 1.65. The lowest BCUT2D eigenvalue weighted by Crippen LogP contribution is -2.30. The molecule has 0 spiro atoms. The SMILES string of the molecule is Cc1ccc2nc(NC(=O)C(Sc3ccc(NC(=O)/C(=C/c4cccs4)NC(=O)c4ccccc4)cc3)c3ccccc3)sc2c1. The third-order valence-electron chi connectivity index (χ3n) is 6.84. The van der Waals surface area contributed by atoms with Gasteiger partial charge in [0.2, 0.25) is 5.91 Å². The first-order chi connectivity index (χ1) is 22.4. The van der Waals surface area contributed by atoms with Gasteiger partial charge in [-0.2, -0.15) is 0 Å². The van der Waals surface area contributed by atoms with Crippen molar-refractivity contribution in [3.05, 3.63) is 148 Å². The molecule has 2 heterocycles. The van der Waals surface area contributed by atoms with Crippen LogP contribution in [0.25, 0.3) is 16.3 Å². The molecule has 0 fully saturated rings. The molecule has 7 nitrogen and oxygen atoms in total. The number of rotatable bonds is 10. The number of hydrogen-bond acceptors (Lipinski definition) is 7. The van der Waals surface area contributed by atoms with Gasteiger partial charge in [0.15, 0.2) is 5.13 Å². The van der Waals surface area contributed by atoms with Crippen LogP contribution in [0.3, 0.4) is 0 Å². The smallest absolute Gasteiger partial charge is 0.272 e. The fraction of sp³-hybridized carbons (Fsp3) is 0.0556. The van der Waals surface area contributed by atoms with Crippen LogP contribution in [0.1, 0.15) is 31.6 Å². The fourth-order valence-corrected chi connectivity index (χ4v) is 7.22. The highest BCUT2D eigenvalue weighted by Gasteiger charge is 2.23. The van der Waals surface area contributed by atoms with Crippen LogP contribution in [-0.4, -0.2) is 22.7 Å². The molecule has 1 atom stereocenters. The average molecular weight is 661 g/mol. The molecule has 6 aromatic rings. The van der Waals surface area contributed by atoms with E-state index >= 15 is 0 Å². The Hall–Kier alpha value is -5.03. The van der Waals surface area contributed by atoms with Crippen molar-refractivity contribution in [2.45, 2.75) is 17.1 Å². The van der Waals surface area contributed by atoms with E-state index in [0.29, 0.717) is 16.4 Å². The van der Waals surface area contributed by atoms with E-state index in [1.54, 1.807) is 42.5 Å². The highest BCUT2D eigenvalue weighted by Crippen LogP contribution is 2.37. The Kier molecular flexibility index (Phi) is 9.68. The highest BCUT2D eigenvalue weighted by molar-refractivity contribution is 8.00. The topological polar surface area (TPSA) is 100 Å². The molecule has 228 valence electrons. The molecule has 1 unspecified atom stereocenters. The summed E-state index contributed by atoms with van der Waals surface area (Å²) < 4.78 is 1.02. The minimum atomic E-state index is -0.538. The van der Waals surface area contributed by atoms with E-state index < -0.39 is 11.2 Å². The fourth-order valence-electron chi connectivity index (χ4n) is 4.57. The van der Waals surface area contributed by atoms with Gasteiger partial charge in [0.25, 0.3) is 11.8 Å². The second-order valence-corrected chi connectivity index (χ2v) is 13.4. The first-order valence-corrected chi connectivity index (χ1v) is 16.9. The van der Waals surface area contributed by atoms with Gasteiger partial charge in [-0.15, -0.1) is 23.1 Å². The Morgan fingerprint density at radius 1 is 0.826 bits per heavy atom. The predicted molar refractivity (Wildman–Crippen MR) is 189 cm³/mol. The lowest BCUT2D eigenvalue weighted by Gasteiger charge is -2.16. The van der Waals surface area contributed by atoms with Crippen molar-refractivity contribution >= 4 is 79.3 Å². The van der Waals surface area contributed by atoms with Gasteiger partial charge in [-0.1, -0.05) is 72.0 Å². The Bertz CT molecular complexity index is 2010. The van der Waals surface area contributed by atoms with E-state index in [1.165, 1.54) is 34.4 Å². The van der Waals surface area contributed by atoms with Crippen LogP contribution in [0.2, 0.25) is 0 Å². The average Bonchev–Trinajstić information content (AvgIpc) is 3.74. The molecular formula is C36H28N4O3S3. The maximum absolute atomic E-state index is 13.6. The molecule has 10 heteroatoms. The zero-order chi connectivity index (χ0) is 31.9. The molecule has 3 N–H and O–H groups in total. The Morgan fingerprint density at radius 2 is 1.57 bits per heavy atom. The number of hydrogen-bond donors (Lipinski definition) is 3. The normalized spacial score (nSPS) is 12.0. The minimum absolute atomic E-state index is 0.126. The quantitative estimate of drug-likeness (QED) is 0.101. The van der Waals surface area contributed by atoms with Crippen LogP contribution in [0.5, 0.6) is 0 Å². The Labute approximate surface area is 278 Å². The lowest BCUT2D eigenvalue weighted by molar-refractivity contribution is -0.116. The predicted octanol–water partition coefficient (Wildman–Crippen LogP) is 8.55. The number of benzene rings is 4. The van der Waals surface area contributed by atoms with E-state index in [0.717, 1.165) is 31.1 Å². The summed E-state index contributed by atoms with van der Waals surface area (Å²) in [5.41, 5.74) is 3.96. The molecule has 2 aromatic heterocycles. The number of aromatic nitrogens is 1.